The van der Waals surface area contributed by atoms with Crippen LogP contribution in [-0.4, -0.2) is 38.4 Å². The van der Waals surface area contributed by atoms with E-state index in [1.807, 2.05) is 24.3 Å². The highest BCUT2D eigenvalue weighted by Crippen LogP contribution is 2.16. The van der Waals surface area contributed by atoms with Crippen molar-refractivity contribution < 1.29 is 13.2 Å². The Morgan fingerprint density at radius 3 is 2.67 bits per heavy atom. The Bertz CT molecular complexity index is 590. The normalized spacial score (nSPS) is 17.5. The van der Waals surface area contributed by atoms with Crippen LogP contribution >= 0.6 is 12.4 Å². The number of carbonyl (C=O) groups excluding carboxylic acids is 1. The highest BCUT2D eigenvalue weighted by atomic mass is 35.5. The Morgan fingerprint density at radius 2 is 2.00 bits per heavy atom. The van der Waals surface area contributed by atoms with Crippen LogP contribution in [0.4, 0.5) is 0 Å². The van der Waals surface area contributed by atoms with E-state index in [0.29, 0.717) is 13.0 Å². The van der Waals surface area contributed by atoms with Crippen LogP contribution in [0, 0.1) is 0 Å². The predicted molar refractivity (Wildman–Crippen MR) is 85.4 cm³/mol. The number of fused-ring (bicyclic) bond motifs is 1. The number of amides is 1. The van der Waals surface area contributed by atoms with E-state index in [-0.39, 0.29) is 42.4 Å². The summed E-state index contributed by atoms with van der Waals surface area (Å²) in [6.07, 6.45) is 0.641. The van der Waals surface area contributed by atoms with Gasteiger partial charge in [0.15, 0.2) is 9.84 Å². The van der Waals surface area contributed by atoms with Gasteiger partial charge >= 0.3 is 0 Å². The fourth-order valence-corrected chi connectivity index (χ4v) is 2.94. The molecule has 1 unspecified atom stereocenters. The third-order valence-electron chi connectivity index (χ3n) is 3.55. The standard InChI is InChI=1S/C14H20N2O3S.ClH/c1-2-20(18,19)8-7-15-14(17)13-9-11-5-3-4-6-12(11)10-16-13;/h3-6,13,16H,2,7-10H2,1H3,(H,15,17);1H. The number of benzene rings is 1. The van der Waals surface area contributed by atoms with Gasteiger partial charge in [0, 0.05) is 18.8 Å². The lowest BCUT2D eigenvalue weighted by Crippen LogP contribution is -2.48. The van der Waals surface area contributed by atoms with Gasteiger partial charge in [-0.05, 0) is 17.5 Å². The van der Waals surface area contributed by atoms with Crippen molar-refractivity contribution in [2.75, 3.05) is 18.1 Å². The van der Waals surface area contributed by atoms with E-state index < -0.39 is 9.84 Å². The number of hydrogen-bond acceptors (Lipinski definition) is 4. The molecule has 0 saturated heterocycles. The van der Waals surface area contributed by atoms with Gasteiger partial charge in [-0.3, -0.25) is 4.79 Å². The molecule has 2 N–H and O–H groups in total. The Morgan fingerprint density at radius 1 is 1.33 bits per heavy atom. The molecule has 2 rings (SSSR count). The van der Waals surface area contributed by atoms with E-state index in [2.05, 4.69) is 10.6 Å². The molecule has 0 saturated carbocycles. The summed E-state index contributed by atoms with van der Waals surface area (Å²) in [5.41, 5.74) is 2.39. The Kier molecular flexibility index (Phi) is 6.64. The van der Waals surface area contributed by atoms with Gasteiger partial charge in [0.1, 0.15) is 0 Å². The molecule has 0 fully saturated rings. The minimum absolute atomic E-state index is 0. The molecule has 1 aliphatic heterocycles. The number of rotatable bonds is 5. The summed E-state index contributed by atoms with van der Waals surface area (Å²) in [5, 5.41) is 5.87. The minimum Gasteiger partial charge on any atom is -0.354 e. The van der Waals surface area contributed by atoms with Crippen LogP contribution in [0.3, 0.4) is 0 Å². The Balaban J connectivity index is 0.00000220. The summed E-state index contributed by atoms with van der Waals surface area (Å²) >= 11 is 0. The highest BCUT2D eigenvalue weighted by molar-refractivity contribution is 7.91. The van der Waals surface area contributed by atoms with Crippen LogP contribution in [0.15, 0.2) is 24.3 Å². The summed E-state index contributed by atoms with van der Waals surface area (Å²) < 4.78 is 22.7. The first-order valence-corrected chi connectivity index (χ1v) is 8.62. The molecular formula is C14H21ClN2O3S. The lowest BCUT2D eigenvalue weighted by molar-refractivity contribution is -0.123. The lowest BCUT2D eigenvalue weighted by Gasteiger charge is -2.25. The maximum atomic E-state index is 12.0. The molecule has 0 aromatic heterocycles. The minimum atomic E-state index is -3.03. The third kappa shape index (κ3) is 4.98. The van der Waals surface area contributed by atoms with Crippen molar-refractivity contribution in [3.05, 3.63) is 35.4 Å². The maximum absolute atomic E-state index is 12.0. The average Bonchev–Trinajstić information content (AvgIpc) is 2.46. The molecule has 118 valence electrons. The number of sulfone groups is 1. The van der Waals surface area contributed by atoms with E-state index in [1.165, 1.54) is 11.1 Å². The monoisotopic (exact) mass is 332 g/mol. The summed E-state index contributed by atoms with van der Waals surface area (Å²) in [4.78, 5) is 12.0. The van der Waals surface area contributed by atoms with Gasteiger partial charge in [-0.1, -0.05) is 31.2 Å². The maximum Gasteiger partial charge on any atom is 0.237 e. The lowest BCUT2D eigenvalue weighted by atomic mass is 9.95. The summed E-state index contributed by atoms with van der Waals surface area (Å²) in [7, 11) is -3.03. The zero-order valence-corrected chi connectivity index (χ0v) is 13.6. The van der Waals surface area contributed by atoms with Gasteiger partial charge in [-0.25, -0.2) is 8.42 Å². The molecule has 1 heterocycles. The van der Waals surface area contributed by atoms with Crippen molar-refractivity contribution in [3.63, 3.8) is 0 Å². The van der Waals surface area contributed by atoms with Crippen LogP contribution < -0.4 is 10.6 Å². The zero-order valence-electron chi connectivity index (χ0n) is 12.0. The molecule has 0 aliphatic carbocycles. The second kappa shape index (κ2) is 7.77. The van der Waals surface area contributed by atoms with Crippen molar-refractivity contribution in [3.8, 4) is 0 Å². The van der Waals surface area contributed by atoms with Gasteiger partial charge < -0.3 is 10.6 Å². The highest BCUT2D eigenvalue weighted by Gasteiger charge is 2.23. The quantitative estimate of drug-likeness (QED) is 0.831. The van der Waals surface area contributed by atoms with Crippen molar-refractivity contribution >= 4 is 28.2 Å². The number of carbonyl (C=O) groups is 1. The molecular weight excluding hydrogens is 312 g/mol. The Labute approximate surface area is 131 Å². The molecule has 1 amide bonds. The van der Waals surface area contributed by atoms with Gasteiger partial charge in [0.2, 0.25) is 5.91 Å². The molecule has 0 bridgehead atoms. The van der Waals surface area contributed by atoms with Crippen molar-refractivity contribution in [1.29, 1.82) is 0 Å². The molecule has 21 heavy (non-hydrogen) atoms. The fraction of sp³-hybridized carbons (Fsp3) is 0.500. The summed E-state index contributed by atoms with van der Waals surface area (Å²) in [6.45, 7) is 2.45. The number of halogens is 1. The third-order valence-corrected chi connectivity index (χ3v) is 5.26. The largest absolute Gasteiger partial charge is 0.354 e. The van der Waals surface area contributed by atoms with E-state index in [4.69, 9.17) is 0 Å². The first-order chi connectivity index (χ1) is 9.52. The summed E-state index contributed by atoms with van der Waals surface area (Å²) in [5.74, 6) is -0.0259. The van der Waals surface area contributed by atoms with Crippen molar-refractivity contribution in [1.82, 2.24) is 10.6 Å². The predicted octanol–water partition coefficient (Wildman–Crippen LogP) is 0.674. The van der Waals surface area contributed by atoms with Gasteiger partial charge in [0.05, 0.1) is 11.8 Å². The Hall–Kier alpha value is -1.11. The topological polar surface area (TPSA) is 75.3 Å². The number of hydrogen-bond donors (Lipinski definition) is 2. The second-order valence-corrected chi connectivity index (χ2v) is 7.41. The molecule has 1 aromatic rings. The van der Waals surface area contributed by atoms with Gasteiger partial charge in [-0.2, -0.15) is 0 Å². The van der Waals surface area contributed by atoms with E-state index in [0.717, 1.165) is 0 Å². The van der Waals surface area contributed by atoms with E-state index in [1.54, 1.807) is 6.92 Å². The molecule has 7 heteroatoms. The van der Waals surface area contributed by atoms with Gasteiger partial charge in [-0.15, -0.1) is 12.4 Å². The smallest absolute Gasteiger partial charge is 0.237 e. The SMILES string of the molecule is CCS(=O)(=O)CCNC(=O)C1Cc2ccccc2CN1.Cl. The second-order valence-electron chi connectivity index (χ2n) is 4.93. The molecule has 1 atom stereocenters. The van der Waals surface area contributed by atoms with Crippen LogP contribution in [0.2, 0.25) is 0 Å². The number of nitrogens with one attached hydrogen (secondary N) is 2. The molecule has 0 spiro atoms. The first-order valence-electron chi connectivity index (χ1n) is 6.80. The van der Waals surface area contributed by atoms with E-state index in [9.17, 15) is 13.2 Å². The van der Waals surface area contributed by atoms with Crippen LogP contribution in [0.5, 0.6) is 0 Å². The average molecular weight is 333 g/mol. The molecule has 0 radical (unpaired) electrons. The molecule has 5 nitrogen and oxygen atoms in total. The first kappa shape index (κ1) is 17.9. The fourth-order valence-electron chi connectivity index (χ4n) is 2.24. The van der Waals surface area contributed by atoms with Crippen LogP contribution in [-0.2, 0) is 27.6 Å². The van der Waals surface area contributed by atoms with Crippen LogP contribution in [0.25, 0.3) is 0 Å². The summed E-state index contributed by atoms with van der Waals surface area (Å²) in [6, 6.07) is 7.74. The zero-order chi connectivity index (χ0) is 14.6. The van der Waals surface area contributed by atoms with E-state index >= 15 is 0 Å². The van der Waals surface area contributed by atoms with Crippen LogP contribution in [0.1, 0.15) is 18.1 Å². The van der Waals surface area contributed by atoms with Gasteiger partial charge in [0.25, 0.3) is 0 Å². The molecule has 1 aliphatic rings. The van der Waals surface area contributed by atoms with Crippen molar-refractivity contribution in [2.24, 2.45) is 0 Å². The van der Waals surface area contributed by atoms with Crippen molar-refractivity contribution in [2.45, 2.75) is 25.9 Å². The molecule has 1 aromatic carbocycles.